The SMILES string of the molecule is FC(F)(F)c1ccc(-c2c[c]nn2Cc2ccc(Cl)c(Cl)c2)cc1. The minimum Gasteiger partial charge on any atom is -0.260 e. The molecule has 3 rings (SSSR count). The highest BCUT2D eigenvalue weighted by molar-refractivity contribution is 6.42. The smallest absolute Gasteiger partial charge is 0.260 e. The molecule has 1 radical (unpaired) electrons. The molecular weight excluding hydrogens is 360 g/mol. The fourth-order valence-electron chi connectivity index (χ4n) is 2.28. The Kier molecular flexibility index (Phi) is 4.56. The van der Waals surface area contributed by atoms with Crippen molar-refractivity contribution in [1.82, 2.24) is 9.78 Å². The van der Waals surface area contributed by atoms with Crippen molar-refractivity contribution in [2.75, 3.05) is 0 Å². The molecule has 0 aliphatic rings. The van der Waals surface area contributed by atoms with Gasteiger partial charge in [0.2, 0.25) is 0 Å². The first-order valence-corrected chi connectivity index (χ1v) is 7.65. The molecule has 0 saturated carbocycles. The number of aromatic nitrogens is 2. The molecule has 24 heavy (non-hydrogen) atoms. The molecule has 7 heteroatoms. The molecule has 0 amide bonds. The summed E-state index contributed by atoms with van der Waals surface area (Å²) in [6, 6.07) is 11.8. The largest absolute Gasteiger partial charge is 0.416 e. The van der Waals surface area contributed by atoms with Gasteiger partial charge >= 0.3 is 6.18 Å². The van der Waals surface area contributed by atoms with Crippen LogP contribution in [0.15, 0.2) is 48.5 Å². The predicted molar refractivity (Wildman–Crippen MR) is 87.1 cm³/mol. The number of halogens is 5. The Bertz CT molecular complexity index is 855. The summed E-state index contributed by atoms with van der Waals surface area (Å²) in [5.41, 5.74) is 1.46. The zero-order valence-corrected chi connectivity index (χ0v) is 13.6. The molecule has 0 saturated heterocycles. The van der Waals surface area contributed by atoms with Crippen molar-refractivity contribution in [2.45, 2.75) is 12.7 Å². The number of hydrogen-bond donors (Lipinski definition) is 0. The van der Waals surface area contributed by atoms with E-state index in [1.807, 2.05) is 6.07 Å². The van der Waals surface area contributed by atoms with E-state index in [9.17, 15) is 13.2 Å². The third-order valence-corrected chi connectivity index (χ3v) is 4.22. The maximum Gasteiger partial charge on any atom is 0.416 e. The predicted octanol–water partition coefficient (Wildman–Crippen LogP) is 5.72. The monoisotopic (exact) mass is 369 g/mol. The van der Waals surface area contributed by atoms with Crippen molar-refractivity contribution in [3.8, 4) is 11.3 Å². The number of benzene rings is 2. The van der Waals surface area contributed by atoms with Crippen molar-refractivity contribution in [3.05, 3.63) is 75.9 Å². The summed E-state index contributed by atoms with van der Waals surface area (Å²) in [5.74, 6) is 0. The van der Waals surface area contributed by atoms with Crippen molar-refractivity contribution >= 4 is 23.2 Å². The lowest BCUT2D eigenvalue weighted by Gasteiger charge is -2.10. The fourth-order valence-corrected chi connectivity index (χ4v) is 2.60. The van der Waals surface area contributed by atoms with Crippen molar-refractivity contribution in [3.63, 3.8) is 0 Å². The third kappa shape index (κ3) is 3.57. The van der Waals surface area contributed by atoms with E-state index in [2.05, 4.69) is 11.3 Å². The third-order valence-electron chi connectivity index (χ3n) is 3.48. The highest BCUT2D eigenvalue weighted by Gasteiger charge is 2.30. The van der Waals surface area contributed by atoms with Gasteiger partial charge in [0.25, 0.3) is 0 Å². The van der Waals surface area contributed by atoms with Gasteiger partial charge in [-0.15, -0.1) is 0 Å². The summed E-state index contributed by atoms with van der Waals surface area (Å²) >= 11 is 11.9. The molecule has 123 valence electrons. The first-order chi connectivity index (χ1) is 11.3. The minimum atomic E-state index is -4.36. The summed E-state index contributed by atoms with van der Waals surface area (Å²) in [6.45, 7) is 0.400. The van der Waals surface area contributed by atoms with Gasteiger partial charge in [-0.1, -0.05) is 41.4 Å². The molecule has 0 fully saturated rings. The van der Waals surface area contributed by atoms with Gasteiger partial charge < -0.3 is 0 Å². The number of nitrogens with zero attached hydrogens (tertiary/aromatic N) is 2. The standard InChI is InChI=1S/C17H10Cl2F3N2/c18-14-6-1-11(9-15(14)19)10-24-16(7-8-23-24)12-2-4-13(5-3-12)17(20,21)22/h1-7,9H,10H2. The van der Waals surface area contributed by atoms with Gasteiger partial charge in [-0.2, -0.15) is 18.3 Å². The summed E-state index contributed by atoms with van der Waals surface area (Å²) in [6.07, 6.45) is -1.64. The van der Waals surface area contributed by atoms with E-state index in [4.69, 9.17) is 23.2 Å². The summed E-state index contributed by atoms with van der Waals surface area (Å²) in [7, 11) is 0. The quantitative estimate of drug-likeness (QED) is 0.576. The highest BCUT2D eigenvalue weighted by Crippen LogP contribution is 2.31. The lowest BCUT2D eigenvalue weighted by atomic mass is 10.1. The Morgan fingerprint density at radius 1 is 1.00 bits per heavy atom. The summed E-state index contributed by atoms with van der Waals surface area (Å²) < 4.78 is 39.6. The highest BCUT2D eigenvalue weighted by atomic mass is 35.5. The lowest BCUT2D eigenvalue weighted by molar-refractivity contribution is -0.137. The first kappa shape index (κ1) is 16.9. The topological polar surface area (TPSA) is 17.8 Å². The molecule has 0 aliphatic carbocycles. The van der Waals surface area contributed by atoms with Crippen molar-refractivity contribution in [1.29, 1.82) is 0 Å². The molecule has 1 aromatic heterocycles. The van der Waals surface area contributed by atoms with Gasteiger partial charge in [0.1, 0.15) is 6.20 Å². The maximum absolute atomic E-state index is 12.7. The van der Waals surface area contributed by atoms with Gasteiger partial charge in [0.05, 0.1) is 27.8 Å². The summed E-state index contributed by atoms with van der Waals surface area (Å²) in [4.78, 5) is 0. The molecule has 2 nitrogen and oxygen atoms in total. The van der Waals surface area contributed by atoms with Gasteiger partial charge in [-0.3, -0.25) is 4.68 Å². The zero-order valence-electron chi connectivity index (χ0n) is 12.1. The van der Waals surface area contributed by atoms with Gasteiger partial charge in [-0.25, -0.2) is 0 Å². The van der Waals surface area contributed by atoms with Crippen LogP contribution in [0.1, 0.15) is 11.1 Å². The molecule has 0 unspecified atom stereocenters. The summed E-state index contributed by atoms with van der Waals surface area (Å²) in [5, 5.41) is 4.99. The molecule has 1 heterocycles. The van der Waals surface area contributed by atoms with E-state index in [1.54, 1.807) is 22.9 Å². The zero-order chi connectivity index (χ0) is 17.3. The van der Waals surface area contributed by atoms with Crippen LogP contribution in [0.25, 0.3) is 11.3 Å². The van der Waals surface area contributed by atoms with Crippen LogP contribution in [0.2, 0.25) is 10.0 Å². The normalized spacial score (nSPS) is 11.7. The van der Waals surface area contributed by atoms with E-state index < -0.39 is 11.7 Å². The van der Waals surface area contributed by atoms with Crippen molar-refractivity contribution in [2.24, 2.45) is 0 Å². The maximum atomic E-state index is 12.7. The molecule has 0 N–H and O–H groups in total. The molecule has 2 aromatic carbocycles. The lowest BCUT2D eigenvalue weighted by Crippen LogP contribution is -2.05. The average molecular weight is 370 g/mol. The van der Waals surface area contributed by atoms with E-state index >= 15 is 0 Å². The second-order valence-electron chi connectivity index (χ2n) is 5.14. The molecule has 3 aromatic rings. The van der Waals surface area contributed by atoms with Gasteiger partial charge in [0.15, 0.2) is 0 Å². The Morgan fingerprint density at radius 2 is 1.71 bits per heavy atom. The fraction of sp³-hybridized carbons (Fsp3) is 0.118. The van der Waals surface area contributed by atoms with E-state index in [-0.39, 0.29) is 0 Å². The van der Waals surface area contributed by atoms with E-state index in [1.165, 1.54) is 12.1 Å². The average Bonchev–Trinajstić information content (AvgIpc) is 2.98. The van der Waals surface area contributed by atoms with Crippen LogP contribution >= 0.6 is 23.2 Å². The Balaban J connectivity index is 1.88. The Labute approximate surface area is 146 Å². The van der Waals surface area contributed by atoms with Gasteiger partial charge in [-0.05, 0) is 41.5 Å². The molecular formula is C17H10Cl2F3N2. The Hall–Kier alpha value is -1.98. The van der Waals surface area contributed by atoms with Crippen LogP contribution in [0.3, 0.4) is 0 Å². The van der Waals surface area contributed by atoms with Crippen LogP contribution in [-0.2, 0) is 12.7 Å². The van der Waals surface area contributed by atoms with Crippen molar-refractivity contribution < 1.29 is 13.2 Å². The minimum absolute atomic E-state index is 0.400. The van der Waals surface area contributed by atoms with E-state index in [0.29, 0.717) is 27.8 Å². The number of hydrogen-bond acceptors (Lipinski definition) is 1. The molecule has 0 atom stereocenters. The van der Waals surface area contributed by atoms with Crippen LogP contribution in [-0.4, -0.2) is 9.78 Å². The number of alkyl halides is 3. The molecule has 0 spiro atoms. The second-order valence-corrected chi connectivity index (χ2v) is 5.95. The van der Waals surface area contributed by atoms with Crippen LogP contribution in [0.4, 0.5) is 13.2 Å². The molecule has 0 bridgehead atoms. The van der Waals surface area contributed by atoms with Crippen LogP contribution in [0, 0.1) is 6.20 Å². The van der Waals surface area contributed by atoms with Crippen LogP contribution < -0.4 is 0 Å². The second kappa shape index (κ2) is 6.49. The number of rotatable bonds is 3. The van der Waals surface area contributed by atoms with Gasteiger partial charge in [0, 0.05) is 0 Å². The van der Waals surface area contributed by atoms with Crippen LogP contribution in [0.5, 0.6) is 0 Å². The Morgan fingerprint density at radius 3 is 2.33 bits per heavy atom. The van der Waals surface area contributed by atoms with E-state index in [0.717, 1.165) is 17.7 Å². The first-order valence-electron chi connectivity index (χ1n) is 6.90. The molecule has 0 aliphatic heterocycles.